The number of nitrogens with two attached hydrogens (primary N) is 1. The van der Waals surface area contributed by atoms with Crippen LogP contribution in [0.15, 0.2) is 12.2 Å². The van der Waals surface area contributed by atoms with Gasteiger partial charge in [0.1, 0.15) is 0 Å². The van der Waals surface area contributed by atoms with E-state index in [1.807, 2.05) is 0 Å². The average Bonchev–Trinajstić information content (AvgIpc) is 2.59. The summed E-state index contributed by atoms with van der Waals surface area (Å²) in [5.41, 5.74) is 5.14. The maximum Gasteiger partial charge on any atom is 0.303 e. The molecule has 0 aliphatic rings. The molecule has 150 valence electrons. The summed E-state index contributed by atoms with van der Waals surface area (Å²) in [6.45, 7) is 5.23. The fourth-order valence-corrected chi connectivity index (χ4v) is 2.55. The number of carboxylic acid groups (broad SMARTS) is 1. The Hall–Kier alpha value is -0.830. The van der Waals surface area contributed by atoms with Gasteiger partial charge in [-0.3, -0.25) is 4.79 Å². The summed E-state index contributed by atoms with van der Waals surface area (Å²) < 4.78 is 0. The number of hydrogen-bond acceptors (Lipinski definition) is 2. The number of hydrogen-bond donors (Lipinski definition) is 2. The molecule has 0 aromatic rings. The molecular formula is C22H45NO2. The molecule has 25 heavy (non-hydrogen) atoms. The molecule has 0 spiro atoms. The van der Waals surface area contributed by atoms with Gasteiger partial charge in [0.15, 0.2) is 0 Å². The molecule has 3 N–H and O–H groups in total. The van der Waals surface area contributed by atoms with Crippen LogP contribution < -0.4 is 5.73 Å². The molecule has 0 radical (unpaired) electrons. The van der Waals surface area contributed by atoms with E-state index in [0.29, 0.717) is 6.42 Å². The largest absolute Gasteiger partial charge is 0.481 e. The standard InChI is InChI=1S/C18H34O2.C4H11N/c1-2-3-4-5-6-7-8-9-10-11-12-13-14-15-16-17-18(19)20;1-2-3-4-5/h9-10H,2-8,11-17H2,1H3,(H,19,20);2-5H2,1H3/b10-9-;. The van der Waals surface area contributed by atoms with Crippen LogP contribution in [0.2, 0.25) is 0 Å². The molecule has 0 aromatic heterocycles. The fraction of sp³-hybridized carbons (Fsp3) is 0.864. The highest BCUT2D eigenvalue weighted by atomic mass is 16.4. The molecule has 0 fully saturated rings. The van der Waals surface area contributed by atoms with Crippen LogP contribution in [-0.4, -0.2) is 17.6 Å². The Morgan fingerprint density at radius 2 is 1.16 bits per heavy atom. The number of unbranched alkanes of at least 4 members (excludes halogenated alkanes) is 12. The zero-order valence-corrected chi connectivity index (χ0v) is 17.1. The van der Waals surface area contributed by atoms with Crippen molar-refractivity contribution in [2.24, 2.45) is 5.73 Å². The molecule has 0 saturated carbocycles. The summed E-state index contributed by atoms with van der Waals surface area (Å²) in [6, 6.07) is 0. The Morgan fingerprint density at radius 1 is 0.720 bits per heavy atom. The second kappa shape index (κ2) is 25.4. The zero-order chi connectivity index (χ0) is 19.0. The lowest BCUT2D eigenvalue weighted by molar-refractivity contribution is -0.137. The van der Waals surface area contributed by atoms with Gasteiger partial charge in [-0.1, -0.05) is 83.8 Å². The lowest BCUT2D eigenvalue weighted by Crippen LogP contribution is -1.95. The quantitative estimate of drug-likeness (QED) is 0.221. The van der Waals surface area contributed by atoms with Gasteiger partial charge in [-0.05, 0) is 45.1 Å². The van der Waals surface area contributed by atoms with Crippen LogP contribution in [0, 0.1) is 0 Å². The SMILES string of the molecule is CCCCCCCC/C=C\CCCCCCCC(=O)O.CCCCN. The van der Waals surface area contributed by atoms with Gasteiger partial charge in [0.25, 0.3) is 0 Å². The zero-order valence-electron chi connectivity index (χ0n) is 17.1. The van der Waals surface area contributed by atoms with Crippen molar-refractivity contribution in [3.63, 3.8) is 0 Å². The van der Waals surface area contributed by atoms with Gasteiger partial charge >= 0.3 is 5.97 Å². The van der Waals surface area contributed by atoms with Crippen LogP contribution in [0.5, 0.6) is 0 Å². The first-order valence-corrected chi connectivity index (χ1v) is 10.8. The predicted molar refractivity (Wildman–Crippen MR) is 111 cm³/mol. The van der Waals surface area contributed by atoms with Gasteiger partial charge in [-0.15, -0.1) is 0 Å². The lowest BCUT2D eigenvalue weighted by atomic mass is 10.1. The molecule has 3 heteroatoms. The maximum absolute atomic E-state index is 10.3. The number of carboxylic acids is 1. The van der Waals surface area contributed by atoms with Crippen LogP contribution in [-0.2, 0) is 4.79 Å². The Labute approximate surface area is 157 Å². The third kappa shape index (κ3) is 31.5. The third-order valence-corrected chi connectivity index (χ3v) is 4.21. The topological polar surface area (TPSA) is 63.3 Å². The van der Waals surface area contributed by atoms with Crippen molar-refractivity contribution in [3.05, 3.63) is 12.2 Å². The van der Waals surface area contributed by atoms with E-state index in [4.69, 9.17) is 10.8 Å². The molecule has 0 bridgehead atoms. The minimum Gasteiger partial charge on any atom is -0.481 e. The Kier molecular flexibility index (Phi) is 26.8. The Bertz CT molecular complexity index is 275. The molecule has 0 atom stereocenters. The highest BCUT2D eigenvalue weighted by Gasteiger charge is 1.95. The second-order valence-corrected chi connectivity index (χ2v) is 6.87. The Balaban J connectivity index is 0. The molecule has 0 amide bonds. The minimum absolute atomic E-state index is 0.332. The number of aliphatic carboxylic acids is 1. The molecule has 0 aliphatic carbocycles. The van der Waals surface area contributed by atoms with Crippen molar-refractivity contribution in [1.82, 2.24) is 0 Å². The van der Waals surface area contributed by atoms with E-state index in [9.17, 15) is 4.79 Å². The van der Waals surface area contributed by atoms with Crippen molar-refractivity contribution in [2.45, 2.75) is 117 Å². The molecule has 0 saturated heterocycles. The normalized spacial score (nSPS) is 10.7. The van der Waals surface area contributed by atoms with Crippen molar-refractivity contribution < 1.29 is 9.90 Å². The van der Waals surface area contributed by atoms with E-state index in [1.54, 1.807) is 0 Å². The minimum atomic E-state index is -0.664. The average molecular weight is 356 g/mol. The van der Waals surface area contributed by atoms with E-state index in [-0.39, 0.29) is 0 Å². The monoisotopic (exact) mass is 355 g/mol. The van der Waals surface area contributed by atoms with Gasteiger partial charge in [0.05, 0.1) is 0 Å². The first-order chi connectivity index (χ1) is 12.2. The van der Waals surface area contributed by atoms with Gasteiger partial charge in [-0.25, -0.2) is 0 Å². The number of carbonyl (C=O) groups is 1. The van der Waals surface area contributed by atoms with Crippen LogP contribution in [0.25, 0.3) is 0 Å². The fourth-order valence-electron chi connectivity index (χ4n) is 2.55. The first-order valence-electron chi connectivity index (χ1n) is 10.8. The third-order valence-electron chi connectivity index (χ3n) is 4.21. The summed E-state index contributed by atoms with van der Waals surface area (Å²) >= 11 is 0. The molecule has 0 unspecified atom stereocenters. The van der Waals surface area contributed by atoms with Gasteiger partial charge in [0, 0.05) is 6.42 Å². The molecular weight excluding hydrogens is 310 g/mol. The summed E-state index contributed by atoms with van der Waals surface area (Å²) in [4.78, 5) is 10.3. The summed E-state index contributed by atoms with van der Waals surface area (Å²) in [6.07, 6.45) is 23.6. The molecule has 0 heterocycles. The van der Waals surface area contributed by atoms with Gasteiger partial charge < -0.3 is 10.8 Å². The first kappa shape index (κ1) is 26.4. The lowest BCUT2D eigenvalue weighted by Gasteiger charge is -1.99. The Morgan fingerprint density at radius 3 is 1.56 bits per heavy atom. The van der Waals surface area contributed by atoms with E-state index >= 15 is 0 Å². The van der Waals surface area contributed by atoms with E-state index in [0.717, 1.165) is 19.4 Å². The van der Waals surface area contributed by atoms with Gasteiger partial charge in [-0.2, -0.15) is 0 Å². The second-order valence-electron chi connectivity index (χ2n) is 6.87. The van der Waals surface area contributed by atoms with Crippen molar-refractivity contribution in [3.8, 4) is 0 Å². The highest BCUT2D eigenvalue weighted by Crippen LogP contribution is 2.09. The maximum atomic E-state index is 10.3. The van der Waals surface area contributed by atoms with E-state index in [1.165, 1.54) is 83.5 Å². The predicted octanol–water partition coefficient (Wildman–Crippen LogP) is 6.85. The van der Waals surface area contributed by atoms with Crippen molar-refractivity contribution >= 4 is 5.97 Å². The number of rotatable bonds is 17. The number of allylic oxidation sites excluding steroid dienone is 2. The van der Waals surface area contributed by atoms with Crippen molar-refractivity contribution in [2.75, 3.05) is 6.54 Å². The summed E-state index contributed by atoms with van der Waals surface area (Å²) in [5.74, 6) is -0.664. The summed E-state index contributed by atoms with van der Waals surface area (Å²) in [5, 5.41) is 8.51. The van der Waals surface area contributed by atoms with Crippen LogP contribution in [0.1, 0.15) is 117 Å². The molecule has 0 rings (SSSR count). The molecule has 0 aliphatic heterocycles. The smallest absolute Gasteiger partial charge is 0.303 e. The van der Waals surface area contributed by atoms with Crippen LogP contribution in [0.4, 0.5) is 0 Å². The van der Waals surface area contributed by atoms with Crippen molar-refractivity contribution in [1.29, 1.82) is 0 Å². The van der Waals surface area contributed by atoms with Crippen LogP contribution in [0.3, 0.4) is 0 Å². The van der Waals surface area contributed by atoms with E-state index in [2.05, 4.69) is 26.0 Å². The molecule has 3 nitrogen and oxygen atoms in total. The van der Waals surface area contributed by atoms with Crippen LogP contribution >= 0.6 is 0 Å². The van der Waals surface area contributed by atoms with E-state index < -0.39 is 5.97 Å². The highest BCUT2D eigenvalue weighted by molar-refractivity contribution is 5.66. The van der Waals surface area contributed by atoms with Gasteiger partial charge in [0.2, 0.25) is 0 Å². The summed E-state index contributed by atoms with van der Waals surface area (Å²) in [7, 11) is 0. The molecule has 0 aromatic carbocycles.